The van der Waals surface area contributed by atoms with E-state index in [0.29, 0.717) is 13.2 Å². The topological polar surface area (TPSA) is 82.1 Å². The molecule has 0 aromatic heterocycles. The molecule has 0 saturated carbocycles. The highest BCUT2D eigenvalue weighted by Crippen LogP contribution is 2.37. The van der Waals surface area contributed by atoms with Crippen molar-refractivity contribution in [1.82, 2.24) is 0 Å². The van der Waals surface area contributed by atoms with Gasteiger partial charge in [-0.3, -0.25) is 4.55 Å². The molecule has 3 aromatic rings. The number of benzene rings is 3. The van der Waals surface area contributed by atoms with Gasteiger partial charge in [0.2, 0.25) is 0 Å². The monoisotopic (exact) mass is 579 g/mol. The molecule has 0 amide bonds. The molecule has 1 fully saturated rings. The summed E-state index contributed by atoms with van der Waals surface area (Å²) in [6, 6.07) is 23.0. The van der Waals surface area contributed by atoms with E-state index in [0.717, 1.165) is 27.2 Å². The first-order valence-corrected chi connectivity index (χ1v) is 15.1. The highest BCUT2D eigenvalue weighted by molar-refractivity contribution is 7.97. The molecular weight excluding hydrogens is 546 g/mol. The van der Waals surface area contributed by atoms with Gasteiger partial charge in [-0.15, -0.1) is 0 Å². The summed E-state index contributed by atoms with van der Waals surface area (Å²) >= 11 is 0. The van der Waals surface area contributed by atoms with Crippen LogP contribution in [0.15, 0.2) is 87.5 Å². The molecule has 2 atom stereocenters. The summed E-state index contributed by atoms with van der Waals surface area (Å²) in [5, 5.41) is -4.45. The summed E-state index contributed by atoms with van der Waals surface area (Å²) in [6.45, 7) is 10.3. The van der Waals surface area contributed by atoms with Gasteiger partial charge in [-0.05, 0) is 85.5 Å². The van der Waals surface area contributed by atoms with Crippen molar-refractivity contribution in [3.05, 3.63) is 83.9 Å². The largest absolute Gasteiger partial charge is 0.483 e. The van der Waals surface area contributed by atoms with E-state index in [9.17, 15) is 17.2 Å². The summed E-state index contributed by atoms with van der Waals surface area (Å²) in [4.78, 5) is 3.01. The molecule has 210 valence electrons. The fraction of sp³-hybridized carbons (Fsp3) is 0.379. The van der Waals surface area contributed by atoms with Gasteiger partial charge >= 0.3 is 15.4 Å². The molecule has 0 spiro atoms. The zero-order valence-electron chi connectivity index (χ0n) is 22.5. The zero-order chi connectivity index (χ0) is 28.6. The first-order valence-electron chi connectivity index (χ1n) is 12.5. The summed E-state index contributed by atoms with van der Waals surface area (Å²) < 4.78 is 75.7. The zero-order valence-corrected chi connectivity index (χ0v) is 24.1. The first-order chi connectivity index (χ1) is 18.1. The van der Waals surface area contributed by atoms with Crippen LogP contribution in [-0.2, 0) is 41.7 Å². The van der Waals surface area contributed by atoms with E-state index in [2.05, 4.69) is 45.0 Å². The third-order valence-electron chi connectivity index (χ3n) is 6.60. The van der Waals surface area contributed by atoms with Crippen LogP contribution in [0.3, 0.4) is 0 Å². The Morgan fingerprint density at radius 3 is 1.74 bits per heavy atom. The van der Waals surface area contributed by atoms with E-state index >= 15 is 0 Å². The molecule has 4 rings (SSSR count). The van der Waals surface area contributed by atoms with Gasteiger partial charge in [0, 0.05) is 5.56 Å². The van der Waals surface area contributed by atoms with Gasteiger partial charge in [-0.2, -0.15) is 17.2 Å². The van der Waals surface area contributed by atoms with E-state index in [1.54, 1.807) is 12.1 Å². The maximum absolute atomic E-state index is 14.0. The molecule has 0 radical (unpaired) electrons. The fourth-order valence-electron chi connectivity index (χ4n) is 4.21. The Morgan fingerprint density at radius 1 is 0.872 bits per heavy atom. The van der Waals surface area contributed by atoms with Crippen molar-refractivity contribution in [2.75, 3.05) is 13.2 Å². The van der Waals surface area contributed by atoms with E-state index in [4.69, 9.17) is 18.8 Å². The lowest BCUT2D eigenvalue weighted by Gasteiger charge is -2.23. The summed E-state index contributed by atoms with van der Waals surface area (Å²) in [5.41, 5.74) is 2.11. The minimum Gasteiger partial charge on any atom is -0.483 e. The molecule has 1 saturated heterocycles. The van der Waals surface area contributed by atoms with Crippen LogP contribution >= 0.6 is 0 Å². The first kappa shape index (κ1) is 29.5. The molecule has 39 heavy (non-hydrogen) atoms. The fourth-order valence-corrected chi connectivity index (χ4v) is 6.72. The lowest BCUT2D eigenvalue weighted by Crippen LogP contribution is -2.42. The second-order valence-corrected chi connectivity index (χ2v) is 14.0. The Hall–Kier alpha value is -2.50. The molecule has 0 bridgehead atoms. The molecule has 1 heterocycles. The van der Waals surface area contributed by atoms with Gasteiger partial charge < -0.3 is 14.2 Å². The molecule has 10 heteroatoms. The number of alkyl halides is 2. The normalized spacial score (nSPS) is 17.5. The second kappa shape index (κ2) is 10.8. The van der Waals surface area contributed by atoms with Crippen LogP contribution in [-0.4, -0.2) is 37.5 Å². The minimum absolute atomic E-state index is 0.00466. The minimum atomic E-state index is -5.62. The van der Waals surface area contributed by atoms with E-state index < -0.39 is 38.2 Å². The van der Waals surface area contributed by atoms with Gasteiger partial charge in [-0.1, -0.05) is 32.9 Å². The Labute approximate surface area is 231 Å². The van der Waals surface area contributed by atoms with Crippen molar-refractivity contribution in [3.63, 3.8) is 0 Å². The summed E-state index contributed by atoms with van der Waals surface area (Å²) in [5.74, 6) is -0.731. The van der Waals surface area contributed by atoms with Gasteiger partial charge in [-0.25, -0.2) is 0 Å². The third-order valence-corrected chi connectivity index (χ3v) is 9.85. The molecule has 3 aromatic carbocycles. The number of rotatable bonds is 8. The summed E-state index contributed by atoms with van der Waals surface area (Å²) in [7, 11) is -6.16. The SMILES string of the molecule is CC(Oc1ccc([S+](c2ccc(C(C)(C)C)cc2)c2ccc(C3(C)OCCO3)cc2)cc1)C(F)(F)S(=O)(=O)O. The van der Waals surface area contributed by atoms with Gasteiger partial charge in [0.25, 0.3) is 0 Å². The Morgan fingerprint density at radius 2 is 1.31 bits per heavy atom. The quantitative estimate of drug-likeness (QED) is 0.241. The Balaban J connectivity index is 1.67. The smallest absolute Gasteiger partial charge is 0.405 e. The van der Waals surface area contributed by atoms with Crippen LogP contribution in [0.1, 0.15) is 45.7 Å². The Bertz CT molecular complexity index is 1380. The number of halogens is 2. The van der Waals surface area contributed by atoms with Gasteiger partial charge in [0.15, 0.2) is 26.6 Å². The van der Waals surface area contributed by atoms with Crippen molar-refractivity contribution in [2.45, 2.75) is 71.9 Å². The molecule has 2 unspecified atom stereocenters. The maximum atomic E-state index is 14.0. The predicted octanol–water partition coefficient (Wildman–Crippen LogP) is 6.55. The lowest BCUT2D eigenvalue weighted by atomic mass is 9.87. The van der Waals surface area contributed by atoms with Crippen LogP contribution in [0.25, 0.3) is 0 Å². The maximum Gasteiger partial charge on any atom is 0.405 e. The van der Waals surface area contributed by atoms with E-state index in [-0.39, 0.29) is 11.2 Å². The number of hydrogen-bond donors (Lipinski definition) is 1. The predicted molar refractivity (Wildman–Crippen MR) is 146 cm³/mol. The van der Waals surface area contributed by atoms with Crippen LogP contribution < -0.4 is 4.74 Å². The highest BCUT2D eigenvalue weighted by atomic mass is 32.2. The lowest BCUT2D eigenvalue weighted by molar-refractivity contribution is -0.149. The summed E-state index contributed by atoms with van der Waals surface area (Å²) in [6.07, 6.45) is -2.09. The van der Waals surface area contributed by atoms with Crippen LogP contribution in [0.4, 0.5) is 8.78 Å². The van der Waals surface area contributed by atoms with Crippen molar-refractivity contribution in [3.8, 4) is 5.75 Å². The van der Waals surface area contributed by atoms with Crippen LogP contribution in [0.2, 0.25) is 0 Å². The van der Waals surface area contributed by atoms with E-state index in [1.807, 2.05) is 31.2 Å². The number of ether oxygens (including phenoxy) is 3. The average Bonchev–Trinajstić information content (AvgIpc) is 3.32. The molecule has 1 aliphatic rings. The third kappa shape index (κ3) is 6.30. The van der Waals surface area contributed by atoms with Crippen molar-refractivity contribution >= 4 is 21.0 Å². The number of hydrogen-bond acceptors (Lipinski definition) is 5. The Kier molecular flexibility index (Phi) is 8.18. The molecular formula is C29H33F2O6S2+. The van der Waals surface area contributed by atoms with Crippen molar-refractivity contribution in [1.29, 1.82) is 0 Å². The molecule has 1 N–H and O–H groups in total. The second-order valence-electron chi connectivity index (χ2n) is 10.5. The van der Waals surface area contributed by atoms with Crippen molar-refractivity contribution in [2.24, 2.45) is 0 Å². The van der Waals surface area contributed by atoms with Gasteiger partial charge in [0.1, 0.15) is 5.75 Å². The van der Waals surface area contributed by atoms with Crippen LogP contribution in [0.5, 0.6) is 5.75 Å². The highest BCUT2D eigenvalue weighted by Gasteiger charge is 2.51. The molecule has 6 nitrogen and oxygen atoms in total. The van der Waals surface area contributed by atoms with Crippen molar-refractivity contribution < 1.29 is 36.0 Å². The van der Waals surface area contributed by atoms with E-state index in [1.165, 1.54) is 17.7 Å². The molecule has 1 aliphatic heterocycles. The average molecular weight is 580 g/mol. The standard InChI is InChI=1S/C29H32F2O6S2/c1-20(29(30,31)39(32,33)34)37-23-10-16-26(17-11-23)38(24-12-6-21(7-13-24)27(2,3)4)25-14-8-22(9-15-25)28(5)35-18-19-36-28/h6-17,20H,18-19H2,1-5H3/p+1. The van der Waals surface area contributed by atoms with Gasteiger partial charge in [0.05, 0.1) is 24.1 Å². The molecule has 0 aliphatic carbocycles. The van der Waals surface area contributed by atoms with Crippen LogP contribution in [0, 0.1) is 0 Å².